The largest absolute Gasteiger partial charge is 0.484 e. The van der Waals surface area contributed by atoms with Gasteiger partial charge in [0, 0.05) is 10.6 Å². The molecule has 2 aromatic rings. The molecule has 0 aliphatic carbocycles. The van der Waals surface area contributed by atoms with Crippen molar-refractivity contribution in [1.29, 1.82) is 0 Å². The molecule has 0 heterocycles. The lowest BCUT2D eigenvalue weighted by Gasteiger charge is -2.15. The Bertz CT molecular complexity index is 698. The third kappa shape index (κ3) is 5.11. The molecule has 120 valence electrons. The predicted molar refractivity (Wildman–Crippen MR) is 90.0 cm³/mol. The SMILES string of the molecule is CC(=O)c1cccc(OCC(=O)NC(C)c2ccc(Cl)cc2)c1. The lowest BCUT2D eigenvalue weighted by Crippen LogP contribution is -2.31. The van der Waals surface area contributed by atoms with E-state index in [1.165, 1.54) is 6.92 Å². The zero-order valence-corrected chi connectivity index (χ0v) is 13.8. The number of hydrogen-bond donors (Lipinski definition) is 1. The minimum atomic E-state index is -0.235. The van der Waals surface area contributed by atoms with Gasteiger partial charge in [0.1, 0.15) is 5.75 Å². The molecule has 4 nitrogen and oxygen atoms in total. The zero-order chi connectivity index (χ0) is 16.8. The quantitative estimate of drug-likeness (QED) is 0.819. The maximum Gasteiger partial charge on any atom is 0.258 e. The summed E-state index contributed by atoms with van der Waals surface area (Å²) in [5.74, 6) is 0.212. The number of rotatable bonds is 6. The first kappa shape index (κ1) is 17.0. The van der Waals surface area contributed by atoms with Gasteiger partial charge in [0.15, 0.2) is 12.4 Å². The molecule has 0 saturated carbocycles. The molecular formula is C18H18ClNO3. The molecule has 0 aliphatic heterocycles. The van der Waals surface area contributed by atoms with Crippen LogP contribution in [0.25, 0.3) is 0 Å². The van der Waals surface area contributed by atoms with Crippen molar-refractivity contribution in [2.24, 2.45) is 0 Å². The Morgan fingerprint density at radius 1 is 1.17 bits per heavy atom. The topological polar surface area (TPSA) is 55.4 Å². The monoisotopic (exact) mass is 331 g/mol. The maximum absolute atomic E-state index is 12.0. The summed E-state index contributed by atoms with van der Waals surface area (Å²) < 4.78 is 5.43. The highest BCUT2D eigenvalue weighted by atomic mass is 35.5. The first-order valence-electron chi connectivity index (χ1n) is 7.24. The smallest absolute Gasteiger partial charge is 0.258 e. The van der Waals surface area contributed by atoms with Crippen molar-refractivity contribution in [1.82, 2.24) is 5.32 Å². The number of halogens is 1. The number of carbonyl (C=O) groups is 2. The fraction of sp³-hybridized carbons (Fsp3) is 0.222. The average molecular weight is 332 g/mol. The number of nitrogens with one attached hydrogen (secondary N) is 1. The van der Waals surface area contributed by atoms with Gasteiger partial charge in [0.25, 0.3) is 5.91 Å². The van der Waals surface area contributed by atoms with Gasteiger partial charge in [-0.3, -0.25) is 9.59 Å². The highest BCUT2D eigenvalue weighted by Crippen LogP contribution is 2.16. The van der Waals surface area contributed by atoms with E-state index < -0.39 is 0 Å². The van der Waals surface area contributed by atoms with E-state index in [0.29, 0.717) is 16.3 Å². The number of amides is 1. The Morgan fingerprint density at radius 3 is 2.52 bits per heavy atom. The van der Waals surface area contributed by atoms with Crippen molar-refractivity contribution in [2.45, 2.75) is 19.9 Å². The van der Waals surface area contributed by atoms with Crippen molar-refractivity contribution in [3.63, 3.8) is 0 Å². The summed E-state index contributed by atoms with van der Waals surface area (Å²) in [6.07, 6.45) is 0. The molecule has 1 N–H and O–H groups in total. The molecule has 23 heavy (non-hydrogen) atoms. The molecule has 1 atom stereocenters. The lowest BCUT2D eigenvalue weighted by molar-refractivity contribution is -0.123. The standard InChI is InChI=1S/C18H18ClNO3/c1-12(14-6-8-16(19)9-7-14)20-18(22)11-23-17-5-3-4-15(10-17)13(2)21/h3-10,12H,11H2,1-2H3,(H,20,22). The van der Waals surface area contributed by atoms with Gasteiger partial charge in [0.2, 0.25) is 0 Å². The fourth-order valence-corrected chi connectivity index (χ4v) is 2.20. The summed E-state index contributed by atoms with van der Waals surface area (Å²) >= 11 is 5.84. The second kappa shape index (κ2) is 7.79. The van der Waals surface area contributed by atoms with Gasteiger partial charge in [-0.05, 0) is 43.7 Å². The fourth-order valence-electron chi connectivity index (χ4n) is 2.07. The van der Waals surface area contributed by atoms with Crippen LogP contribution in [-0.2, 0) is 4.79 Å². The van der Waals surface area contributed by atoms with Crippen LogP contribution in [0.15, 0.2) is 48.5 Å². The van der Waals surface area contributed by atoms with Crippen molar-refractivity contribution in [3.8, 4) is 5.75 Å². The summed E-state index contributed by atoms with van der Waals surface area (Å²) in [5.41, 5.74) is 1.51. The number of ether oxygens (including phenoxy) is 1. The molecule has 0 radical (unpaired) electrons. The van der Waals surface area contributed by atoms with Crippen LogP contribution in [0.2, 0.25) is 5.02 Å². The van der Waals surface area contributed by atoms with Crippen LogP contribution in [0.4, 0.5) is 0 Å². The van der Waals surface area contributed by atoms with Gasteiger partial charge in [-0.2, -0.15) is 0 Å². The number of ketones is 1. The van der Waals surface area contributed by atoms with E-state index in [1.807, 2.05) is 19.1 Å². The van der Waals surface area contributed by atoms with Crippen LogP contribution in [0.5, 0.6) is 5.75 Å². The summed E-state index contributed by atoms with van der Waals surface area (Å²) in [5, 5.41) is 3.50. The molecule has 1 unspecified atom stereocenters. The van der Waals surface area contributed by atoms with E-state index in [2.05, 4.69) is 5.32 Å². The molecule has 0 saturated heterocycles. The molecule has 0 aromatic heterocycles. The molecule has 0 spiro atoms. The zero-order valence-electron chi connectivity index (χ0n) is 13.0. The highest BCUT2D eigenvalue weighted by Gasteiger charge is 2.10. The molecule has 1 amide bonds. The Morgan fingerprint density at radius 2 is 1.87 bits per heavy atom. The number of Topliss-reactive ketones (excluding diaryl/α,β-unsaturated/α-hetero) is 1. The summed E-state index contributed by atoms with van der Waals surface area (Å²) in [7, 11) is 0. The minimum absolute atomic E-state index is 0.0451. The molecule has 5 heteroatoms. The summed E-state index contributed by atoms with van der Waals surface area (Å²) in [6, 6.07) is 13.9. The highest BCUT2D eigenvalue weighted by molar-refractivity contribution is 6.30. The number of benzene rings is 2. The summed E-state index contributed by atoms with van der Waals surface area (Å²) in [6.45, 7) is 3.26. The van der Waals surface area contributed by atoms with Gasteiger partial charge < -0.3 is 10.1 Å². The van der Waals surface area contributed by atoms with Crippen LogP contribution in [0.1, 0.15) is 35.8 Å². The third-order valence-corrected chi connectivity index (χ3v) is 3.61. The van der Waals surface area contributed by atoms with E-state index in [1.54, 1.807) is 36.4 Å². The van der Waals surface area contributed by atoms with Gasteiger partial charge in [-0.25, -0.2) is 0 Å². The molecule has 0 aliphatic rings. The Kier molecular flexibility index (Phi) is 5.77. The molecule has 0 fully saturated rings. The van der Waals surface area contributed by atoms with E-state index in [0.717, 1.165) is 5.56 Å². The van der Waals surface area contributed by atoms with Crippen LogP contribution in [-0.4, -0.2) is 18.3 Å². The van der Waals surface area contributed by atoms with Crippen LogP contribution in [0, 0.1) is 0 Å². The van der Waals surface area contributed by atoms with Crippen molar-refractivity contribution in [2.75, 3.05) is 6.61 Å². The second-order valence-electron chi connectivity index (χ2n) is 5.21. The van der Waals surface area contributed by atoms with E-state index >= 15 is 0 Å². The molecule has 0 bridgehead atoms. The van der Waals surface area contributed by atoms with Gasteiger partial charge in [0.05, 0.1) is 6.04 Å². The third-order valence-electron chi connectivity index (χ3n) is 3.36. The summed E-state index contributed by atoms with van der Waals surface area (Å²) in [4.78, 5) is 23.3. The van der Waals surface area contributed by atoms with Gasteiger partial charge >= 0.3 is 0 Å². The van der Waals surface area contributed by atoms with Gasteiger partial charge in [-0.15, -0.1) is 0 Å². The van der Waals surface area contributed by atoms with E-state index in [4.69, 9.17) is 16.3 Å². The van der Waals surface area contributed by atoms with Gasteiger partial charge in [-0.1, -0.05) is 35.9 Å². The average Bonchev–Trinajstić information content (AvgIpc) is 2.53. The number of hydrogen-bond acceptors (Lipinski definition) is 3. The lowest BCUT2D eigenvalue weighted by atomic mass is 10.1. The molecule has 2 rings (SSSR count). The minimum Gasteiger partial charge on any atom is -0.484 e. The van der Waals surface area contributed by atoms with Crippen molar-refractivity contribution < 1.29 is 14.3 Å². The van der Waals surface area contributed by atoms with Crippen LogP contribution >= 0.6 is 11.6 Å². The maximum atomic E-state index is 12.0. The van der Waals surface area contributed by atoms with Crippen molar-refractivity contribution in [3.05, 3.63) is 64.7 Å². The molecule has 2 aromatic carbocycles. The second-order valence-corrected chi connectivity index (χ2v) is 5.65. The van der Waals surface area contributed by atoms with Crippen LogP contribution in [0.3, 0.4) is 0 Å². The predicted octanol–water partition coefficient (Wildman–Crippen LogP) is 3.80. The number of carbonyl (C=O) groups excluding carboxylic acids is 2. The first-order chi connectivity index (χ1) is 11.0. The first-order valence-corrected chi connectivity index (χ1v) is 7.62. The molecular weight excluding hydrogens is 314 g/mol. The Labute approximate surface area is 140 Å². The van der Waals surface area contributed by atoms with E-state index in [-0.39, 0.29) is 24.3 Å². The van der Waals surface area contributed by atoms with E-state index in [9.17, 15) is 9.59 Å². The normalized spacial score (nSPS) is 11.6. The van der Waals surface area contributed by atoms with Crippen molar-refractivity contribution >= 4 is 23.3 Å². The van der Waals surface area contributed by atoms with Crippen LogP contribution < -0.4 is 10.1 Å². The Hall–Kier alpha value is -2.33. The Balaban J connectivity index is 1.88.